The molecule has 5 nitrogen and oxygen atoms in total. The van der Waals surface area contributed by atoms with Crippen LogP contribution in [0, 0.1) is 0 Å². The molecule has 5 heteroatoms. The molecule has 1 amide bonds. The van der Waals surface area contributed by atoms with Crippen LogP contribution in [0.3, 0.4) is 0 Å². The fourth-order valence-corrected chi connectivity index (χ4v) is 2.50. The number of ether oxygens (including phenoxy) is 1. The summed E-state index contributed by atoms with van der Waals surface area (Å²) < 4.78 is 4.70. The van der Waals surface area contributed by atoms with Gasteiger partial charge in [0.15, 0.2) is 0 Å². The molecule has 2 aliphatic carbocycles. The van der Waals surface area contributed by atoms with E-state index < -0.39 is 0 Å². The van der Waals surface area contributed by atoms with Gasteiger partial charge >= 0.3 is 5.97 Å². The molecule has 0 heterocycles. The van der Waals surface area contributed by atoms with Crippen molar-refractivity contribution in [3.8, 4) is 0 Å². The van der Waals surface area contributed by atoms with Gasteiger partial charge in [0.2, 0.25) is 5.91 Å². The first kappa shape index (κ1) is 13.3. The smallest absolute Gasteiger partial charge is 0.319 e. The quantitative estimate of drug-likeness (QED) is 0.708. The topological polar surface area (TPSA) is 58.6 Å². The number of carbonyl (C=O) groups is 2. The summed E-state index contributed by atoms with van der Waals surface area (Å²) in [6.45, 7) is 0.537. The van der Waals surface area contributed by atoms with Crippen molar-refractivity contribution in [1.29, 1.82) is 0 Å². The summed E-state index contributed by atoms with van der Waals surface area (Å²) in [5.41, 5.74) is 0. The van der Waals surface area contributed by atoms with E-state index in [1.54, 1.807) is 0 Å². The Kier molecular flexibility index (Phi) is 4.58. The first-order valence-corrected chi connectivity index (χ1v) is 6.79. The highest BCUT2D eigenvalue weighted by atomic mass is 16.5. The van der Waals surface area contributed by atoms with Crippen molar-refractivity contribution in [3.63, 3.8) is 0 Å². The number of hydrogen-bond donors (Lipinski definition) is 1. The van der Waals surface area contributed by atoms with Crippen molar-refractivity contribution in [2.45, 2.75) is 50.6 Å². The first-order chi connectivity index (χ1) is 8.69. The molecule has 2 fully saturated rings. The summed E-state index contributed by atoms with van der Waals surface area (Å²) in [5.74, 6) is -0.227. The molecule has 2 aliphatic rings. The van der Waals surface area contributed by atoms with Gasteiger partial charge in [-0.15, -0.1) is 0 Å². The molecule has 0 saturated heterocycles. The summed E-state index contributed by atoms with van der Waals surface area (Å²) in [5, 5.41) is 2.97. The summed E-state index contributed by atoms with van der Waals surface area (Å²) in [7, 11) is 1.39. The van der Waals surface area contributed by atoms with Gasteiger partial charge in [0.1, 0.15) is 0 Å². The molecule has 0 atom stereocenters. The van der Waals surface area contributed by atoms with Crippen LogP contribution < -0.4 is 5.32 Å². The standard InChI is InChI=1S/C13H22N2O3/c1-18-13(17)9-15(11-4-2-3-5-11)8-12(16)14-10-6-7-10/h10-11H,2-9H2,1H3,(H,14,16). The number of rotatable bonds is 6. The van der Waals surface area contributed by atoms with Crippen LogP contribution in [0.4, 0.5) is 0 Å². The van der Waals surface area contributed by atoms with E-state index in [2.05, 4.69) is 5.32 Å². The minimum absolute atomic E-state index is 0.0355. The molecule has 0 unspecified atom stereocenters. The molecule has 0 radical (unpaired) electrons. The summed E-state index contributed by atoms with van der Waals surface area (Å²) in [6, 6.07) is 0.732. The number of nitrogens with zero attached hydrogens (tertiary/aromatic N) is 1. The molecule has 2 saturated carbocycles. The highest BCUT2D eigenvalue weighted by Gasteiger charge is 2.28. The lowest BCUT2D eigenvalue weighted by atomic mass is 10.2. The normalized spacial score (nSPS) is 20.1. The van der Waals surface area contributed by atoms with Crippen molar-refractivity contribution in [2.24, 2.45) is 0 Å². The van der Waals surface area contributed by atoms with Crippen LogP contribution in [0.25, 0.3) is 0 Å². The second-order valence-corrected chi connectivity index (χ2v) is 5.26. The maximum atomic E-state index is 11.8. The Balaban J connectivity index is 1.85. The molecule has 0 aromatic heterocycles. The molecule has 0 aromatic rings. The largest absolute Gasteiger partial charge is 0.468 e. The van der Waals surface area contributed by atoms with Crippen LogP contribution in [-0.4, -0.2) is 49.1 Å². The first-order valence-electron chi connectivity index (χ1n) is 6.79. The summed E-state index contributed by atoms with van der Waals surface area (Å²) in [6.07, 6.45) is 6.71. The second kappa shape index (κ2) is 6.18. The van der Waals surface area contributed by atoms with E-state index in [4.69, 9.17) is 4.74 Å². The number of hydrogen-bond acceptors (Lipinski definition) is 4. The maximum absolute atomic E-state index is 11.8. The van der Waals surface area contributed by atoms with E-state index in [-0.39, 0.29) is 18.4 Å². The van der Waals surface area contributed by atoms with Crippen molar-refractivity contribution >= 4 is 11.9 Å². The van der Waals surface area contributed by atoms with Crippen molar-refractivity contribution in [1.82, 2.24) is 10.2 Å². The third-order valence-electron chi connectivity index (χ3n) is 3.69. The average Bonchev–Trinajstić information content (AvgIpc) is 2.98. The highest BCUT2D eigenvalue weighted by molar-refractivity contribution is 5.79. The fraction of sp³-hybridized carbons (Fsp3) is 0.846. The van der Waals surface area contributed by atoms with E-state index in [0.29, 0.717) is 18.6 Å². The van der Waals surface area contributed by atoms with Crippen LogP contribution in [0.5, 0.6) is 0 Å². The SMILES string of the molecule is COC(=O)CN(CC(=O)NC1CC1)C1CCCC1. The zero-order valence-corrected chi connectivity index (χ0v) is 11.0. The number of amides is 1. The summed E-state index contributed by atoms with van der Waals surface area (Å²) >= 11 is 0. The van der Waals surface area contributed by atoms with Crippen LogP contribution >= 0.6 is 0 Å². The Bertz CT molecular complexity index is 309. The van der Waals surface area contributed by atoms with Crippen molar-refractivity contribution < 1.29 is 14.3 Å². The van der Waals surface area contributed by atoms with Crippen LogP contribution in [0.2, 0.25) is 0 Å². The molecule has 102 valence electrons. The Morgan fingerprint density at radius 2 is 1.83 bits per heavy atom. The molecule has 0 bridgehead atoms. The van der Waals surface area contributed by atoms with Gasteiger partial charge in [-0.3, -0.25) is 14.5 Å². The van der Waals surface area contributed by atoms with E-state index in [0.717, 1.165) is 25.7 Å². The maximum Gasteiger partial charge on any atom is 0.319 e. The Hall–Kier alpha value is -1.10. The van der Waals surface area contributed by atoms with Gasteiger partial charge in [-0.1, -0.05) is 12.8 Å². The monoisotopic (exact) mass is 254 g/mol. The minimum Gasteiger partial charge on any atom is -0.468 e. The number of nitrogens with one attached hydrogen (secondary N) is 1. The van der Waals surface area contributed by atoms with Crippen LogP contribution in [0.1, 0.15) is 38.5 Å². The van der Waals surface area contributed by atoms with Crippen molar-refractivity contribution in [2.75, 3.05) is 20.2 Å². The Labute approximate surface area is 108 Å². The number of methoxy groups -OCH3 is 1. The zero-order valence-electron chi connectivity index (χ0n) is 11.0. The van der Waals surface area contributed by atoms with Crippen LogP contribution in [-0.2, 0) is 14.3 Å². The van der Waals surface area contributed by atoms with Gasteiger partial charge in [0, 0.05) is 12.1 Å². The molecule has 2 rings (SSSR count). The van der Waals surface area contributed by atoms with Gasteiger partial charge in [-0.2, -0.15) is 0 Å². The lowest BCUT2D eigenvalue weighted by Gasteiger charge is -2.26. The molecule has 0 spiro atoms. The molecular weight excluding hydrogens is 232 g/mol. The summed E-state index contributed by atoms with van der Waals surface area (Å²) in [4.78, 5) is 25.2. The molecule has 0 aliphatic heterocycles. The lowest BCUT2D eigenvalue weighted by Crippen LogP contribution is -2.45. The average molecular weight is 254 g/mol. The van der Waals surface area contributed by atoms with E-state index >= 15 is 0 Å². The van der Waals surface area contributed by atoms with Crippen LogP contribution in [0.15, 0.2) is 0 Å². The third-order valence-corrected chi connectivity index (χ3v) is 3.69. The van der Waals surface area contributed by atoms with E-state index in [1.807, 2.05) is 4.90 Å². The van der Waals surface area contributed by atoms with Gasteiger partial charge in [0.05, 0.1) is 20.2 Å². The predicted octanol–water partition coefficient (Wildman–Crippen LogP) is 0.683. The minimum atomic E-state index is -0.263. The third kappa shape index (κ3) is 3.98. The lowest BCUT2D eigenvalue weighted by molar-refractivity contribution is -0.143. The van der Waals surface area contributed by atoms with E-state index in [9.17, 15) is 9.59 Å². The number of carbonyl (C=O) groups excluding carboxylic acids is 2. The zero-order chi connectivity index (χ0) is 13.0. The Morgan fingerprint density at radius 1 is 1.17 bits per heavy atom. The molecule has 1 N–H and O–H groups in total. The van der Waals surface area contributed by atoms with Crippen molar-refractivity contribution in [3.05, 3.63) is 0 Å². The molecular formula is C13H22N2O3. The number of esters is 1. The molecule has 0 aromatic carbocycles. The van der Waals surface area contributed by atoms with Gasteiger partial charge in [-0.05, 0) is 25.7 Å². The fourth-order valence-electron chi connectivity index (χ4n) is 2.50. The van der Waals surface area contributed by atoms with Gasteiger partial charge in [0.25, 0.3) is 0 Å². The second-order valence-electron chi connectivity index (χ2n) is 5.26. The van der Waals surface area contributed by atoms with E-state index in [1.165, 1.54) is 20.0 Å². The highest BCUT2D eigenvalue weighted by Crippen LogP contribution is 2.23. The molecule has 18 heavy (non-hydrogen) atoms. The Morgan fingerprint density at radius 3 is 2.39 bits per heavy atom. The van der Waals surface area contributed by atoms with Gasteiger partial charge < -0.3 is 10.1 Å². The van der Waals surface area contributed by atoms with Gasteiger partial charge in [-0.25, -0.2) is 0 Å². The predicted molar refractivity (Wildman–Crippen MR) is 67.0 cm³/mol.